The van der Waals surface area contributed by atoms with Gasteiger partial charge >= 0.3 is 0 Å². The molecule has 0 aliphatic carbocycles. The molecule has 6 heteroatoms. The lowest BCUT2D eigenvalue weighted by atomic mass is 10.0. The quantitative estimate of drug-likeness (QED) is 0.660. The summed E-state index contributed by atoms with van der Waals surface area (Å²) in [7, 11) is 1.84. The molecule has 0 spiro atoms. The fraction of sp³-hybridized carbons (Fsp3) is 0.333. The van der Waals surface area contributed by atoms with E-state index in [1.165, 1.54) is 6.07 Å². The van der Waals surface area contributed by atoms with Crippen LogP contribution >= 0.6 is 0 Å². The highest BCUT2D eigenvalue weighted by molar-refractivity contribution is 5.83. The second-order valence-corrected chi connectivity index (χ2v) is 8.05. The second-order valence-electron chi connectivity index (χ2n) is 8.05. The highest BCUT2D eigenvalue weighted by Gasteiger charge is 2.28. The Bertz CT molecular complexity index is 1080. The van der Waals surface area contributed by atoms with Crippen molar-refractivity contribution < 1.29 is 9.90 Å². The Hall–Kier alpha value is -2.96. The summed E-state index contributed by atoms with van der Waals surface area (Å²) < 4.78 is 0. The van der Waals surface area contributed by atoms with E-state index in [4.69, 9.17) is 0 Å². The SMILES string of the molecule is CN(C(=O)Cc1ccc2ccc(=O)[nH]c2c1)[C@H](CN1CC[C@H](O)C1)c1ccccc1. The number of rotatable bonds is 6. The molecule has 0 unspecified atom stereocenters. The van der Waals surface area contributed by atoms with E-state index in [2.05, 4.69) is 9.88 Å². The van der Waals surface area contributed by atoms with Crippen molar-refractivity contribution in [3.63, 3.8) is 0 Å². The summed E-state index contributed by atoms with van der Waals surface area (Å²) in [4.78, 5) is 31.6. The summed E-state index contributed by atoms with van der Waals surface area (Å²) in [6, 6.07) is 18.9. The number of H-pyrrole nitrogens is 1. The van der Waals surface area contributed by atoms with Crippen LogP contribution in [0.4, 0.5) is 0 Å². The van der Waals surface area contributed by atoms with Crippen LogP contribution < -0.4 is 5.56 Å². The molecule has 1 aliphatic rings. The number of nitrogens with one attached hydrogen (secondary N) is 1. The van der Waals surface area contributed by atoms with Crippen LogP contribution in [0.1, 0.15) is 23.6 Å². The number of likely N-dealkylation sites (tertiary alicyclic amines) is 1. The maximum absolute atomic E-state index is 13.2. The van der Waals surface area contributed by atoms with Gasteiger partial charge in [0.1, 0.15) is 0 Å². The third kappa shape index (κ3) is 4.61. The Morgan fingerprint density at radius 3 is 2.70 bits per heavy atom. The largest absolute Gasteiger partial charge is 0.392 e. The lowest BCUT2D eigenvalue weighted by Gasteiger charge is -2.32. The van der Waals surface area contributed by atoms with E-state index in [0.717, 1.165) is 35.0 Å². The van der Waals surface area contributed by atoms with Crippen LogP contribution in [0, 0.1) is 0 Å². The summed E-state index contributed by atoms with van der Waals surface area (Å²) in [5.74, 6) is 0.0150. The van der Waals surface area contributed by atoms with Gasteiger partial charge < -0.3 is 15.0 Å². The van der Waals surface area contributed by atoms with Crippen LogP contribution in [0.25, 0.3) is 10.9 Å². The van der Waals surface area contributed by atoms with Gasteiger partial charge in [0.15, 0.2) is 0 Å². The number of benzene rings is 2. The number of aliphatic hydroxyl groups is 1. The molecule has 0 radical (unpaired) electrons. The van der Waals surface area contributed by atoms with E-state index in [9.17, 15) is 14.7 Å². The molecule has 2 aromatic carbocycles. The molecule has 1 aromatic heterocycles. The Morgan fingerprint density at radius 1 is 1.20 bits per heavy atom. The van der Waals surface area contributed by atoms with Crippen LogP contribution in [-0.4, -0.2) is 58.6 Å². The number of hydrogen-bond donors (Lipinski definition) is 2. The maximum Gasteiger partial charge on any atom is 0.248 e. The van der Waals surface area contributed by atoms with Gasteiger partial charge in [0.05, 0.1) is 18.6 Å². The van der Waals surface area contributed by atoms with Gasteiger partial charge in [0.25, 0.3) is 0 Å². The molecule has 0 bridgehead atoms. The third-order valence-corrected chi connectivity index (χ3v) is 5.87. The summed E-state index contributed by atoms with van der Waals surface area (Å²) in [6.07, 6.45) is 0.742. The Labute approximate surface area is 175 Å². The first kappa shape index (κ1) is 20.3. The van der Waals surface area contributed by atoms with Crippen LogP contribution in [0.3, 0.4) is 0 Å². The summed E-state index contributed by atoms with van der Waals surface area (Å²) in [5.41, 5.74) is 2.53. The van der Waals surface area contributed by atoms with Crippen molar-refractivity contribution in [2.45, 2.75) is 25.0 Å². The number of β-amino-alcohol motifs (C(OH)–C–C–N with tert-alkyl or cyclic N) is 1. The van der Waals surface area contributed by atoms with Gasteiger partial charge in [-0.1, -0.05) is 42.5 Å². The Kier molecular flexibility index (Phi) is 5.97. The van der Waals surface area contributed by atoms with Crippen molar-refractivity contribution in [1.29, 1.82) is 0 Å². The Morgan fingerprint density at radius 2 is 1.97 bits per heavy atom. The number of hydrogen-bond acceptors (Lipinski definition) is 4. The van der Waals surface area contributed by atoms with Gasteiger partial charge in [0, 0.05) is 38.3 Å². The normalized spacial score (nSPS) is 17.9. The average molecular weight is 405 g/mol. The minimum absolute atomic E-state index is 0.0150. The van der Waals surface area contributed by atoms with Gasteiger partial charge in [-0.25, -0.2) is 0 Å². The minimum Gasteiger partial charge on any atom is -0.392 e. The smallest absolute Gasteiger partial charge is 0.248 e. The number of nitrogens with zero attached hydrogens (tertiary/aromatic N) is 2. The Balaban J connectivity index is 1.53. The summed E-state index contributed by atoms with van der Waals surface area (Å²) in [5, 5.41) is 10.8. The number of aliphatic hydroxyl groups excluding tert-OH is 1. The fourth-order valence-corrected chi connectivity index (χ4v) is 4.13. The molecule has 2 N–H and O–H groups in total. The number of pyridine rings is 1. The first-order chi connectivity index (χ1) is 14.5. The lowest BCUT2D eigenvalue weighted by Crippen LogP contribution is -2.39. The molecule has 6 nitrogen and oxygen atoms in total. The predicted octanol–water partition coefficient (Wildman–Crippen LogP) is 2.34. The molecule has 156 valence electrons. The average Bonchev–Trinajstić information content (AvgIpc) is 3.16. The van der Waals surface area contributed by atoms with Gasteiger partial charge in [-0.15, -0.1) is 0 Å². The third-order valence-electron chi connectivity index (χ3n) is 5.87. The zero-order valence-corrected chi connectivity index (χ0v) is 17.1. The topological polar surface area (TPSA) is 76.6 Å². The number of aromatic nitrogens is 1. The molecule has 1 fully saturated rings. The summed E-state index contributed by atoms with van der Waals surface area (Å²) in [6.45, 7) is 2.17. The van der Waals surface area contributed by atoms with Crippen LogP contribution in [0.15, 0.2) is 65.5 Å². The maximum atomic E-state index is 13.2. The standard InChI is InChI=1S/C24H27N3O3/c1-26(22(19-5-3-2-4-6-19)16-27-12-11-20(28)15-27)24(30)14-17-7-8-18-9-10-23(29)25-21(18)13-17/h2-10,13,20,22,28H,11-12,14-16H2,1H3,(H,25,29)/t20-,22+/m0/s1. The van der Waals surface area contributed by atoms with Crippen molar-refractivity contribution in [3.05, 3.63) is 82.1 Å². The van der Waals surface area contributed by atoms with E-state index in [1.807, 2.05) is 55.6 Å². The molecule has 1 amide bonds. The number of amides is 1. The molecule has 2 heterocycles. The van der Waals surface area contributed by atoms with E-state index in [0.29, 0.717) is 13.1 Å². The molecule has 2 atom stereocenters. The van der Waals surface area contributed by atoms with Crippen LogP contribution in [-0.2, 0) is 11.2 Å². The van der Waals surface area contributed by atoms with E-state index >= 15 is 0 Å². The molecule has 30 heavy (non-hydrogen) atoms. The van der Waals surface area contributed by atoms with Gasteiger partial charge in [-0.3, -0.25) is 14.5 Å². The van der Waals surface area contributed by atoms with E-state index < -0.39 is 0 Å². The number of carbonyl (C=O) groups is 1. The van der Waals surface area contributed by atoms with E-state index in [1.54, 1.807) is 11.0 Å². The van der Waals surface area contributed by atoms with Crippen molar-refractivity contribution >= 4 is 16.8 Å². The first-order valence-corrected chi connectivity index (χ1v) is 10.3. The van der Waals surface area contributed by atoms with Gasteiger partial charge in [0.2, 0.25) is 11.5 Å². The van der Waals surface area contributed by atoms with Crippen molar-refractivity contribution in [2.24, 2.45) is 0 Å². The molecule has 1 saturated heterocycles. The summed E-state index contributed by atoms with van der Waals surface area (Å²) >= 11 is 0. The zero-order chi connectivity index (χ0) is 21.1. The van der Waals surface area contributed by atoms with Gasteiger partial charge in [-0.05, 0) is 35.1 Å². The fourth-order valence-electron chi connectivity index (χ4n) is 4.13. The van der Waals surface area contributed by atoms with Crippen LogP contribution in [0.5, 0.6) is 0 Å². The van der Waals surface area contributed by atoms with Gasteiger partial charge in [-0.2, -0.15) is 0 Å². The monoisotopic (exact) mass is 405 g/mol. The lowest BCUT2D eigenvalue weighted by molar-refractivity contribution is -0.131. The van der Waals surface area contributed by atoms with Crippen molar-refractivity contribution in [1.82, 2.24) is 14.8 Å². The van der Waals surface area contributed by atoms with Crippen molar-refractivity contribution in [3.8, 4) is 0 Å². The van der Waals surface area contributed by atoms with E-state index in [-0.39, 0.29) is 30.0 Å². The second kappa shape index (κ2) is 8.81. The minimum atomic E-state index is -0.290. The first-order valence-electron chi connectivity index (χ1n) is 10.3. The number of carbonyl (C=O) groups excluding carboxylic acids is 1. The molecule has 1 aliphatic heterocycles. The molecular weight excluding hydrogens is 378 g/mol. The number of aromatic amines is 1. The molecule has 0 saturated carbocycles. The molecule has 3 aromatic rings. The molecular formula is C24H27N3O3. The molecule has 4 rings (SSSR count). The number of likely N-dealkylation sites (N-methyl/N-ethyl adjacent to an activating group) is 1. The zero-order valence-electron chi connectivity index (χ0n) is 17.1. The number of fused-ring (bicyclic) bond motifs is 1. The van der Waals surface area contributed by atoms with Crippen molar-refractivity contribution in [2.75, 3.05) is 26.7 Å². The highest BCUT2D eigenvalue weighted by atomic mass is 16.3. The highest BCUT2D eigenvalue weighted by Crippen LogP contribution is 2.24. The van der Waals surface area contributed by atoms with Crippen LogP contribution in [0.2, 0.25) is 0 Å². The predicted molar refractivity (Wildman–Crippen MR) is 117 cm³/mol.